The van der Waals surface area contributed by atoms with Crippen LogP contribution in [0.3, 0.4) is 0 Å². The molecular weight excluding hydrogens is 923 g/mol. The quantitative estimate of drug-likeness (QED) is 0.137. The molecule has 2 N–H and O–H groups in total. The van der Waals surface area contributed by atoms with E-state index in [0.717, 1.165) is 25.1 Å². The lowest BCUT2D eigenvalue weighted by Crippen LogP contribution is -2.30. The summed E-state index contributed by atoms with van der Waals surface area (Å²) in [6, 6.07) is 75.7. The Labute approximate surface area is 392 Å². The molecule has 0 heterocycles. The lowest BCUT2D eigenvalue weighted by atomic mass is 9.75. The van der Waals surface area contributed by atoms with E-state index in [0.29, 0.717) is 5.46 Å². The van der Waals surface area contributed by atoms with Crippen LogP contribution in [0.15, 0.2) is 221 Å². The summed E-state index contributed by atoms with van der Waals surface area (Å²) in [6.45, 7) is 0. The van der Waals surface area contributed by atoms with E-state index in [1.807, 2.05) is 48.5 Å². The lowest BCUT2D eigenvalue weighted by molar-refractivity contribution is 0.426. The summed E-state index contributed by atoms with van der Waals surface area (Å²) in [7, 11) is -1.44. The predicted octanol–water partition coefficient (Wildman–Crippen LogP) is 16.3. The maximum atomic E-state index is 9.51. The minimum Gasteiger partial charge on any atom is -0.423 e. The smallest absolute Gasteiger partial charge is 0.423 e. The van der Waals surface area contributed by atoms with Crippen LogP contribution in [-0.2, 0) is 0 Å². The van der Waals surface area contributed by atoms with E-state index >= 15 is 0 Å². The van der Waals surface area contributed by atoms with E-state index in [1.54, 1.807) is 6.07 Å². The summed E-state index contributed by atoms with van der Waals surface area (Å²) >= 11 is 6.65. The first-order chi connectivity index (χ1) is 31.9. The Morgan fingerprint density at radius 2 is 0.538 bits per heavy atom. The first-order valence-corrected chi connectivity index (χ1v) is 23.3. The Morgan fingerprint density at radius 3 is 0.892 bits per heavy atom. The number of benzene rings is 14. The topological polar surface area (TPSA) is 40.5 Å². The average molecular weight is 961 g/mol. The van der Waals surface area contributed by atoms with Crippen LogP contribution in [0.5, 0.6) is 0 Å². The number of hydrogen-bond donors (Lipinski definition) is 2. The van der Waals surface area contributed by atoms with Gasteiger partial charge < -0.3 is 10.0 Å². The molecule has 306 valence electrons. The summed E-state index contributed by atoms with van der Waals surface area (Å²) in [5.41, 5.74) is 5.65. The zero-order chi connectivity index (χ0) is 43.8. The van der Waals surface area contributed by atoms with E-state index in [9.17, 15) is 10.0 Å². The number of rotatable bonds is 3. The standard InChI is InChI=1S/C38H22.C16H11BO2.C6H4Br2/c1-3-25-11-13-29-15-19-31(33-21-17-27(5-1)35(25)37(29)33)23-7-9-24(10-8-23)32-20-16-30-14-12-26-4-2-6-28-18-22-34(32)38(30)36(26)28;18-17(19)14-9-7-12-5-4-10-2-1-3-11-6-8-13(14)16(12)15(10)11;7-5-1-2-6(8)4-3-5/h1-22H;1-9,18-19H;1-4H. The average Bonchev–Trinajstić information content (AvgIpc) is 3.35. The molecule has 0 atom stereocenters. The summed E-state index contributed by atoms with van der Waals surface area (Å²) in [5.74, 6) is 0. The van der Waals surface area contributed by atoms with Gasteiger partial charge in [-0.2, -0.15) is 0 Å². The molecule has 2 nitrogen and oxygen atoms in total. The zero-order valence-corrected chi connectivity index (χ0v) is 38.1. The molecule has 0 radical (unpaired) electrons. The van der Waals surface area contributed by atoms with Crippen LogP contribution in [0, 0.1) is 0 Å². The highest BCUT2D eigenvalue weighted by molar-refractivity contribution is 9.11. The van der Waals surface area contributed by atoms with Crippen LogP contribution in [0.25, 0.3) is 119 Å². The summed E-state index contributed by atoms with van der Waals surface area (Å²) in [6.07, 6.45) is 0. The van der Waals surface area contributed by atoms with Gasteiger partial charge in [0.25, 0.3) is 0 Å². The van der Waals surface area contributed by atoms with Crippen LogP contribution < -0.4 is 5.46 Å². The molecule has 14 aromatic rings. The van der Waals surface area contributed by atoms with Gasteiger partial charge in [0.15, 0.2) is 0 Å². The molecule has 14 rings (SSSR count). The fourth-order valence-corrected chi connectivity index (χ4v) is 10.7. The van der Waals surface area contributed by atoms with Crippen molar-refractivity contribution in [1.82, 2.24) is 0 Å². The predicted molar refractivity (Wildman–Crippen MR) is 287 cm³/mol. The first-order valence-electron chi connectivity index (χ1n) is 21.8. The Hall–Kier alpha value is -6.86. The fraction of sp³-hybridized carbons (Fsp3) is 0. The zero-order valence-electron chi connectivity index (χ0n) is 34.9. The Balaban J connectivity index is 0.000000136. The molecule has 0 saturated carbocycles. The van der Waals surface area contributed by atoms with Gasteiger partial charge in [-0.1, -0.05) is 220 Å². The third kappa shape index (κ3) is 6.78. The highest BCUT2D eigenvalue weighted by Crippen LogP contribution is 2.42. The van der Waals surface area contributed by atoms with Gasteiger partial charge in [0.1, 0.15) is 0 Å². The highest BCUT2D eigenvalue weighted by atomic mass is 79.9. The lowest BCUT2D eigenvalue weighted by Gasteiger charge is -2.15. The van der Waals surface area contributed by atoms with Gasteiger partial charge >= 0.3 is 7.12 Å². The molecular formula is C60H37BBr2O2. The molecule has 0 aliphatic carbocycles. The molecule has 0 saturated heterocycles. The van der Waals surface area contributed by atoms with Gasteiger partial charge in [-0.25, -0.2) is 0 Å². The molecule has 0 aliphatic rings. The number of halogens is 2. The van der Waals surface area contributed by atoms with Crippen molar-refractivity contribution in [3.8, 4) is 22.3 Å². The van der Waals surface area contributed by atoms with Crippen LogP contribution in [0.1, 0.15) is 0 Å². The van der Waals surface area contributed by atoms with Gasteiger partial charge in [0.2, 0.25) is 0 Å². The van der Waals surface area contributed by atoms with Gasteiger partial charge in [0.05, 0.1) is 0 Å². The second-order valence-electron chi connectivity index (χ2n) is 16.8. The second-order valence-corrected chi connectivity index (χ2v) is 18.7. The maximum Gasteiger partial charge on any atom is 0.489 e. The van der Waals surface area contributed by atoms with Crippen LogP contribution in [-0.4, -0.2) is 17.2 Å². The maximum absolute atomic E-state index is 9.51. The van der Waals surface area contributed by atoms with Gasteiger partial charge in [-0.3, -0.25) is 0 Å². The normalized spacial score (nSPS) is 11.7. The Morgan fingerprint density at radius 1 is 0.262 bits per heavy atom. The Kier molecular flexibility index (Phi) is 9.77. The van der Waals surface area contributed by atoms with Crippen molar-refractivity contribution in [2.75, 3.05) is 0 Å². The molecule has 0 spiro atoms. The third-order valence-electron chi connectivity index (χ3n) is 13.2. The molecule has 0 aliphatic heterocycles. The summed E-state index contributed by atoms with van der Waals surface area (Å²) in [4.78, 5) is 0. The molecule has 5 heteroatoms. The van der Waals surface area contributed by atoms with Crippen LogP contribution in [0.4, 0.5) is 0 Å². The van der Waals surface area contributed by atoms with Crippen molar-refractivity contribution in [3.05, 3.63) is 221 Å². The molecule has 0 aromatic heterocycles. The molecule has 0 fully saturated rings. The van der Waals surface area contributed by atoms with Crippen molar-refractivity contribution in [1.29, 1.82) is 0 Å². The highest BCUT2D eigenvalue weighted by Gasteiger charge is 2.18. The molecule has 0 amide bonds. The van der Waals surface area contributed by atoms with E-state index in [2.05, 4.69) is 190 Å². The van der Waals surface area contributed by atoms with Crippen molar-refractivity contribution in [3.63, 3.8) is 0 Å². The minimum atomic E-state index is -1.44. The fourth-order valence-electron chi connectivity index (χ4n) is 10.2. The molecule has 0 unspecified atom stereocenters. The minimum absolute atomic E-state index is 0.561. The third-order valence-corrected chi connectivity index (χ3v) is 14.3. The monoisotopic (exact) mass is 958 g/mol. The SMILES string of the molecule is Brc1ccc(Br)cc1.OB(O)c1ccc2ccc3cccc4ccc1c2c34.c1cc2ccc3ccc(-c4ccc(-c5ccc6ccc7cccc8ccc5c6c78)cc4)c4ccc(c1)c2c34. The largest absolute Gasteiger partial charge is 0.489 e. The van der Waals surface area contributed by atoms with Crippen LogP contribution >= 0.6 is 31.9 Å². The van der Waals surface area contributed by atoms with Crippen molar-refractivity contribution in [2.24, 2.45) is 0 Å². The number of hydrogen-bond acceptors (Lipinski definition) is 2. The van der Waals surface area contributed by atoms with Crippen LogP contribution in [0.2, 0.25) is 0 Å². The van der Waals surface area contributed by atoms with Crippen molar-refractivity contribution >= 4 is 141 Å². The van der Waals surface area contributed by atoms with E-state index in [1.165, 1.54) is 103 Å². The van der Waals surface area contributed by atoms with E-state index in [-0.39, 0.29) is 0 Å². The van der Waals surface area contributed by atoms with Crippen molar-refractivity contribution in [2.45, 2.75) is 0 Å². The van der Waals surface area contributed by atoms with Gasteiger partial charge in [-0.15, -0.1) is 0 Å². The van der Waals surface area contributed by atoms with Crippen molar-refractivity contribution < 1.29 is 10.0 Å². The Bertz CT molecular complexity index is 3820. The van der Waals surface area contributed by atoms with Gasteiger partial charge in [0, 0.05) is 8.95 Å². The molecule has 65 heavy (non-hydrogen) atoms. The summed E-state index contributed by atoms with van der Waals surface area (Å²) in [5, 5.41) is 41.7. The van der Waals surface area contributed by atoms with E-state index < -0.39 is 7.12 Å². The first kappa shape index (κ1) is 39.7. The second kappa shape index (κ2) is 16.0. The van der Waals surface area contributed by atoms with Gasteiger partial charge in [-0.05, 0) is 149 Å². The summed E-state index contributed by atoms with van der Waals surface area (Å²) < 4.78 is 2.22. The van der Waals surface area contributed by atoms with E-state index in [4.69, 9.17) is 0 Å². The molecule has 14 aromatic carbocycles. The molecule has 0 bridgehead atoms.